The van der Waals surface area contributed by atoms with Gasteiger partial charge in [-0.25, -0.2) is 9.18 Å². The molecule has 100 valence electrons. The van der Waals surface area contributed by atoms with E-state index in [1.807, 2.05) is 0 Å². The molecular formula is C15H9ClFNO2. The van der Waals surface area contributed by atoms with E-state index in [1.165, 1.54) is 22.9 Å². The van der Waals surface area contributed by atoms with Crippen LogP contribution in [0.3, 0.4) is 0 Å². The summed E-state index contributed by atoms with van der Waals surface area (Å²) in [6, 6.07) is 14.1. The molecule has 20 heavy (non-hydrogen) atoms. The van der Waals surface area contributed by atoms with Gasteiger partial charge < -0.3 is 4.52 Å². The van der Waals surface area contributed by atoms with Gasteiger partial charge in [-0.15, -0.1) is 0 Å². The van der Waals surface area contributed by atoms with Crippen molar-refractivity contribution < 1.29 is 8.91 Å². The first kappa shape index (κ1) is 12.7. The molecule has 0 saturated carbocycles. The summed E-state index contributed by atoms with van der Waals surface area (Å²) in [6.45, 7) is 0. The van der Waals surface area contributed by atoms with Gasteiger partial charge in [-0.3, -0.25) is 0 Å². The highest BCUT2D eigenvalue weighted by Gasteiger charge is 2.11. The molecule has 0 fully saturated rings. The quantitative estimate of drug-likeness (QED) is 0.717. The first-order valence-corrected chi connectivity index (χ1v) is 6.26. The van der Waals surface area contributed by atoms with Crippen LogP contribution in [0, 0.1) is 5.82 Å². The van der Waals surface area contributed by atoms with Crippen LogP contribution in [-0.2, 0) is 0 Å². The highest BCUT2D eigenvalue weighted by atomic mass is 35.5. The molecule has 3 rings (SSSR count). The van der Waals surface area contributed by atoms with Crippen molar-refractivity contribution in [3.8, 4) is 16.9 Å². The normalized spacial score (nSPS) is 10.7. The molecule has 0 unspecified atom stereocenters. The molecule has 0 aliphatic rings. The van der Waals surface area contributed by atoms with Crippen LogP contribution in [0.5, 0.6) is 0 Å². The lowest BCUT2D eigenvalue weighted by molar-refractivity contribution is 0.326. The van der Waals surface area contributed by atoms with Crippen molar-refractivity contribution in [1.82, 2.24) is 4.74 Å². The Hall–Kier alpha value is -2.33. The molecule has 1 aromatic heterocycles. The first-order chi connectivity index (χ1) is 9.63. The molecule has 0 N–H and O–H groups in total. The summed E-state index contributed by atoms with van der Waals surface area (Å²) in [5.74, 6) is -0.336. The largest absolute Gasteiger partial charge is 0.358 e. The number of aromatic nitrogens is 1. The standard InChI is InChI=1S/C15H9ClFNO2/c16-11-3-7-13(8-4-11)18-14(9-15(19)20-18)10-1-5-12(17)6-2-10/h1-9H. The van der Waals surface area contributed by atoms with Crippen molar-refractivity contribution in [3.63, 3.8) is 0 Å². The Labute approximate surface area is 118 Å². The van der Waals surface area contributed by atoms with Crippen LogP contribution in [0.4, 0.5) is 4.39 Å². The lowest BCUT2D eigenvalue weighted by Gasteiger charge is -2.06. The monoisotopic (exact) mass is 289 g/mol. The fraction of sp³-hybridized carbons (Fsp3) is 0. The van der Waals surface area contributed by atoms with Gasteiger partial charge in [-0.2, -0.15) is 4.74 Å². The SMILES string of the molecule is O=c1cc(-c2ccc(F)cc2)n(-c2ccc(Cl)cc2)o1. The van der Waals surface area contributed by atoms with Crippen molar-refractivity contribution >= 4 is 11.6 Å². The zero-order chi connectivity index (χ0) is 14.1. The zero-order valence-corrected chi connectivity index (χ0v) is 11.0. The Kier molecular flexibility index (Phi) is 3.16. The lowest BCUT2D eigenvalue weighted by atomic mass is 10.1. The summed E-state index contributed by atoms with van der Waals surface area (Å²) >= 11 is 5.84. The van der Waals surface area contributed by atoms with E-state index in [4.69, 9.17) is 16.1 Å². The molecule has 3 aromatic rings. The van der Waals surface area contributed by atoms with Crippen LogP contribution in [0.1, 0.15) is 0 Å². The summed E-state index contributed by atoms with van der Waals surface area (Å²) in [7, 11) is 0. The first-order valence-electron chi connectivity index (χ1n) is 5.89. The molecule has 0 atom stereocenters. The van der Waals surface area contributed by atoms with Gasteiger partial charge in [-0.1, -0.05) is 11.6 Å². The Morgan fingerprint density at radius 3 is 2.30 bits per heavy atom. The summed E-state index contributed by atoms with van der Waals surface area (Å²) in [4.78, 5) is 11.5. The molecule has 0 saturated heterocycles. The number of hydrogen-bond acceptors (Lipinski definition) is 2. The second-order valence-corrected chi connectivity index (χ2v) is 4.65. The maximum atomic E-state index is 13.0. The molecule has 5 heteroatoms. The van der Waals surface area contributed by atoms with Gasteiger partial charge in [0.25, 0.3) is 0 Å². The summed E-state index contributed by atoms with van der Waals surface area (Å²) in [5.41, 5.74) is 1.43. The van der Waals surface area contributed by atoms with Crippen LogP contribution in [-0.4, -0.2) is 4.74 Å². The molecule has 0 spiro atoms. The van der Waals surface area contributed by atoms with Crippen molar-refractivity contribution in [2.45, 2.75) is 0 Å². The van der Waals surface area contributed by atoms with E-state index in [2.05, 4.69) is 0 Å². The van der Waals surface area contributed by atoms with Crippen LogP contribution in [0.15, 0.2) is 63.9 Å². The van der Waals surface area contributed by atoms with Gasteiger partial charge in [0.05, 0.1) is 17.4 Å². The predicted molar refractivity (Wildman–Crippen MR) is 74.7 cm³/mol. The fourth-order valence-electron chi connectivity index (χ4n) is 1.93. The van der Waals surface area contributed by atoms with Gasteiger partial charge in [0.1, 0.15) is 5.82 Å². The second-order valence-electron chi connectivity index (χ2n) is 4.22. The number of hydrogen-bond donors (Lipinski definition) is 0. The van der Waals surface area contributed by atoms with Crippen molar-refractivity contribution in [2.75, 3.05) is 0 Å². The number of benzene rings is 2. The van der Waals surface area contributed by atoms with E-state index in [0.29, 0.717) is 22.0 Å². The van der Waals surface area contributed by atoms with E-state index in [0.717, 1.165) is 0 Å². The predicted octanol–water partition coefficient (Wildman–Crippen LogP) is 3.89. The number of rotatable bonds is 2. The summed E-state index contributed by atoms with van der Waals surface area (Å²) < 4.78 is 19.5. The zero-order valence-electron chi connectivity index (χ0n) is 10.2. The van der Waals surface area contributed by atoms with Crippen molar-refractivity contribution in [2.24, 2.45) is 0 Å². The Morgan fingerprint density at radius 2 is 1.65 bits per heavy atom. The van der Waals surface area contributed by atoms with E-state index >= 15 is 0 Å². The topological polar surface area (TPSA) is 35.1 Å². The molecule has 0 bridgehead atoms. The third kappa shape index (κ3) is 2.38. The average molecular weight is 290 g/mol. The summed E-state index contributed by atoms with van der Waals surface area (Å²) in [5, 5.41) is 0.589. The number of halogens is 2. The van der Waals surface area contributed by atoms with Gasteiger partial charge in [0, 0.05) is 10.6 Å². The highest BCUT2D eigenvalue weighted by molar-refractivity contribution is 6.30. The molecule has 1 heterocycles. The van der Waals surface area contributed by atoms with Crippen LogP contribution < -0.4 is 5.63 Å². The Morgan fingerprint density at radius 1 is 1.00 bits per heavy atom. The van der Waals surface area contributed by atoms with Gasteiger partial charge in [0.15, 0.2) is 0 Å². The third-order valence-corrected chi connectivity index (χ3v) is 3.11. The molecule has 3 nitrogen and oxygen atoms in total. The van der Waals surface area contributed by atoms with Crippen LogP contribution in [0.2, 0.25) is 5.02 Å². The maximum Gasteiger partial charge on any atom is 0.358 e. The van der Waals surface area contributed by atoms with E-state index in [-0.39, 0.29) is 5.82 Å². The lowest BCUT2D eigenvalue weighted by Crippen LogP contribution is -1.96. The minimum Gasteiger partial charge on any atom is -0.331 e. The van der Waals surface area contributed by atoms with Crippen molar-refractivity contribution in [1.29, 1.82) is 0 Å². The maximum absolute atomic E-state index is 13.0. The van der Waals surface area contributed by atoms with E-state index < -0.39 is 5.63 Å². The Balaban J connectivity index is 2.15. The molecule has 0 aliphatic heterocycles. The minimum absolute atomic E-state index is 0.336. The van der Waals surface area contributed by atoms with Gasteiger partial charge in [0.2, 0.25) is 0 Å². The molecule has 0 amide bonds. The van der Waals surface area contributed by atoms with E-state index in [1.54, 1.807) is 36.4 Å². The Bertz CT molecular complexity index is 722. The van der Waals surface area contributed by atoms with Crippen LogP contribution >= 0.6 is 11.6 Å². The second kappa shape index (κ2) is 4.98. The third-order valence-electron chi connectivity index (χ3n) is 2.86. The number of nitrogens with zero attached hydrogens (tertiary/aromatic N) is 1. The molecule has 2 aromatic carbocycles. The average Bonchev–Trinajstić information content (AvgIpc) is 2.82. The minimum atomic E-state index is -0.473. The van der Waals surface area contributed by atoms with Gasteiger partial charge >= 0.3 is 5.63 Å². The van der Waals surface area contributed by atoms with Gasteiger partial charge in [-0.05, 0) is 48.5 Å². The molecule has 0 radical (unpaired) electrons. The smallest absolute Gasteiger partial charge is 0.331 e. The van der Waals surface area contributed by atoms with Crippen LogP contribution in [0.25, 0.3) is 16.9 Å². The van der Waals surface area contributed by atoms with E-state index in [9.17, 15) is 9.18 Å². The highest BCUT2D eigenvalue weighted by Crippen LogP contribution is 2.23. The fourth-order valence-corrected chi connectivity index (χ4v) is 2.05. The molecular weight excluding hydrogens is 281 g/mol. The summed E-state index contributed by atoms with van der Waals surface area (Å²) in [6.07, 6.45) is 0. The molecule has 0 aliphatic carbocycles. The van der Waals surface area contributed by atoms with Crippen molar-refractivity contribution in [3.05, 3.63) is 75.9 Å².